The Hall–Kier alpha value is -0.160. The van der Waals surface area contributed by atoms with Gasteiger partial charge >= 0.3 is 0 Å². The van der Waals surface area contributed by atoms with Gasteiger partial charge in [-0.15, -0.1) is 0 Å². The molecule has 1 aliphatic heterocycles. The molecule has 1 atom stereocenters. The van der Waals surface area contributed by atoms with Crippen LogP contribution in [0.2, 0.25) is 0 Å². The van der Waals surface area contributed by atoms with E-state index in [1.54, 1.807) is 0 Å². The molecular formula is C17H35NO3. The quantitative estimate of drug-likeness (QED) is 0.630. The number of β-amino-alcohol motifs (C(OH)–C–C–N with tert-alkyl or cyclic N) is 1. The van der Waals surface area contributed by atoms with Crippen LogP contribution < -0.4 is 0 Å². The van der Waals surface area contributed by atoms with Gasteiger partial charge in [-0.05, 0) is 53.4 Å². The van der Waals surface area contributed by atoms with Crippen LogP contribution in [0.5, 0.6) is 0 Å². The first kappa shape index (κ1) is 18.9. The highest BCUT2D eigenvalue weighted by molar-refractivity contribution is 4.87. The number of ether oxygens (including phenoxy) is 2. The van der Waals surface area contributed by atoms with Crippen LogP contribution in [0.25, 0.3) is 0 Å². The van der Waals surface area contributed by atoms with Crippen molar-refractivity contribution in [1.82, 2.24) is 4.90 Å². The molecule has 0 radical (unpaired) electrons. The van der Waals surface area contributed by atoms with E-state index in [1.807, 2.05) is 0 Å². The van der Waals surface area contributed by atoms with Crippen LogP contribution in [0.4, 0.5) is 0 Å². The highest BCUT2D eigenvalue weighted by atomic mass is 16.5. The number of aliphatic hydroxyl groups excluding tert-OH is 1. The fourth-order valence-corrected chi connectivity index (χ4v) is 2.64. The summed E-state index contributed by atoms with van der Waals surface area (Å²) >= 11 is 0. The van der Waals surface area contributed by atoms with Gasteiger partial charge in [-0.2, -0.15) is 0 Å². The van der Waals surface area contributed by atoms with E-state index < -0.39 is 0 Å². The molecule has 0 amide bonds. The highest BCUT2D eigenvalue weighted by Gasteiger charge is 2.32. The average Bonchev–Trinajstić information content (AvgIpc) is 2.85. The molecule has 0 aromatic carbocycles. The summed E-state index contributed by atoms with van der Waals surface area (Å²) < 4.78 is 11.4. The van der Waals surface area contributed by atoms with Crippen LogP contribution in [0.1, 0.15) is 60.3 Å². The van der Waals surface area contributed by atoms with Gasteiger partial charge in [0.25, 0.3) is 0 Å². The molecule has 0 bridgehead atoms. The van der Waals surface area contributed by atoms with Crippen molar-refractivity contribution in [2.75, 3.05) is 32.9 Å². The van der Waals surface area contributed by atoms with E-state index in [0.717, 1.165) is 45.4 Å². The second kappa shape index (κ2) is 8.47. The smallest absolute Gasteiger partial charge is 0.0707 e. The van der Waals surface area contributed by atoms with Gasteiger partial charge < -0.3 is 14.6 Å². The molecule has 0 aliphatic carbocycles. The summed E-state index contributed by atoms with van der Waals surface area (Å²) in [5.74, 6) is 0. The molecule has 1 fully saturated rings. The standard InChI is InChI=1S/C17H35NO3/c1-6-17(4,5)21-13-12-20-11-7-9-16(2,3)18-10-8-15(19)14-18/h15,19H,6-14H2,1-5H3. The maximum atomic E-state index is 9.64. The molecule has 1 rings (SSSR count). The Morgan fingerprint density at radius 2 is 1.86 bits per heavy atom. The average molecular weight is 301 g/mol. The van der Waals surface area contributed by atoms with E-state index in [-0.39, 0.29) is 17.2 Å². The summed E-state index contributed by atoms with van der Waals surface area (Å²) in [5, 5.41) is 9.64. The van der Waals surface area contributed by atoms with Crippen molar-refractivity contribution in [3.05, 3.63) is 0 Å². The lowest BCUT2D eigenvalue weighted by molar-refractivity contribution is -0.0485. The van der Waals surface area contributed by atoms with Crippen molar-refractivity contribution in [2.45, 2.75) is 77.5 Å². The molecule has 0 saturated carbocycles. The van der Waals surface area contributed by atoms with Crippen LogP contribution in [-0.4, -0.2) is 60.2 Å². The Kier molecular flexibility index (Phi) is 7.62. The molecule has 126 valence electrons. The zero-order chi connectivity index (χ0) is 15.9. The molecule has 1 N–H and O–H groups in total. The third-order valence-electron chi connectivity index (χ3n) is 4.67. The van der Waals surface area contributed by atoms with Crippen LogP contribution >= 0.6 is 0 Å². The number of hydrogen-bond acceptors (Lipinski definition) is 4. The van der Waals surface area contributed by atoms with E-state index in [4.69, 9.17) is 9.47 Å². The van der Waals surface area contributed by atoms with Crippen molar-refractivity contribution in [3.63, 3.8) is 0 Å². The maximum absolute atomic E-state index is 9.64. The monoisotopic (exact) mass is 301 g/mol. The first-order valence-corrected chi connectivity index (χ1v) is 8.42. The SMILES string of the molecule is CCC(C)(C)OCCOCCCC(C)(C)N1CCC(O)C1. The Balaban J connectivity index is 2.06. The number of aliphatic hydroxyl groups is 1. The van der Waals surface area contributed by atoms with Gasteiger partial charge in [-0.3, -0.25) is 4.90 Å². The fourth-order valence-electron chi connectivity index (χ4n) is 2.64. The molecular weight excluding hydrogens is 266 g/mol. The first-order valence-electron chi connectivity index (χ1n) is 8.42. The minimum absolute atomic E-state index is 0.0397. The molecule has 0 spiro atoms. The summed E-state index contributed by atoms with van der Waals surface area (Å²) in [4.78, 5) is 2.39. The Morgan fingerprint density at radius 1 is 1.14 bits per heavy atom. The largest absolute Gasteiger partial charge is 0.392 e. The molecule has 1 aliphatic rings. The molecule has 0 aromatic rings. The van der Waals surface area contributed by atoms with Crippen molar-refractivity contribution in [1.29, 1.82) is 0 Å². The lowest BCUT2D eigenvalue weighted by Gasteiger charge is -2.35. The predicted molar refractivity (Wildman–Crippen MR) is 86.7 cm³/mol. The lowest BCUT2D eigenvalue weighted by atomic mass is 9.97. The molecule has 1 heterocycles. The van der Waals surface area contributed by atoms with E-state index in [2.05, 4.69) is 39.5 Å². The van der Waals surface area contributed by atoms with Crippen molar-refractivity contribution >= 4 is 0 Å². The second-order valence-corrected chi connectivity index (χ2v) is 7.38. The predicted octanol–water partition coefficient (Wildman–Crippen LogP) is 2.83. The third-order valence-corrected chi connectivity index (χ3v) is 4.67. The molecule has 1 unspecified atom stereocenters. The Morgan fingerprint density at radius 3 is 2.43 bits per heavy atom. The van der Waals surface area contributed by atoms with Gasteiger partial charge in [0.2, 0.25) is 0 Å². The van der Waals surface area contributed by atoms with Crippen molar-refractivity contribution < 1.29 is 14.6 Å². The van der Waals surface area contributed by atoms with Gasteiger partial charge in [-0.25, -0.2) is 0 Å². The van der Waals surface area contributed by atoms with Crippen LogP contribution in [0.15, 0.2) is 0 Å². The highest BCUT2D eigenvalue weighted by Crippen LogP contribution is 2.25. The number of rotatable bonds is 10. The summed E-state index contributed by atoms with van der Waals surface area (Å²) in [6, 6.07) is 0. The van der Waals surface area contributed by atoms with Crippen LogP contribution in [0.3, 0.4) is 0 Å². The zero-order valence-electron chi connectivity index (χ0n) is 14.7. The summed E-state index contributed by atoms with van der Waals surface area (Å²) in [6.07, 6.45) is 3.94. The van der Waals surface area contributed by atoms with Gasteiger partial charge in [0.05, 0.1) is 24.9 Å². The Labute approximate surface area is 130 Å². The molecule has 4 nitrogen and oxygen atoms in total. The van der Waals surface area contributed by atoms with Crippen molar-refractivity contribution in [3.8, 4) is 0 Å². The Bertz CT molecular complexity index is 292. The van der Waals surface area contributed by atoms with Gasteiger partial charge in [0.15, 0.2) is 0 Å². The molecule has 4 heteroatoms. The minimum atomic E-state index is -0.139. The topological polar surface area (TPSA) is 41.9 Å². The van der Waals surface area contributed by atoms with Gasteiger partial charge in [0, 0.05) is 25.2 Å². The minimum Gasteiger partial charge on any atom is -0.392 e. The lowest BCUT2D eigenvalue weighted by Crippen LogP contribution is -2.42. The third kappa shape index (κ3) is 7.09. The number of likely N-dealkylation sites (tertiary alicyclic amines) is 1. The molecule has 0 aromatic heterocycles. The maximum Gasteiger partial charge on any atom is 0.0707 e. The van der Waals surface area contributed by atoms with E-state index in [1.165, 1.54) is 0 Å². The van der Waals surface area contributed by atoms with Gasteiger partial charge in [-0.1, -0.05) is 6.92 Å². The van der Waals surface area contributed by atoms with Crippen LogP contribution in [0, 0.1) is 0 Å². The first-order chi connectivity index (χ1) is 9.77. The number of hydrogen-bond donors (Lipinski definition) is 1. The fraction of sp³-hybridized carbons (Fsp3) is 1.00. The summed E-state index contributed by atoms with van der Waals surface area (Å²) in [5.41, 5.74) is 0.115. The zero-order valence-corrected chi connectivity index (χ0v) is 14.7. The molecule has 21 heavy (non-hydrogen) atoms. The number of nitrogens with zero attached hydrogens (tertiary/aromatic N) is 1. The second-order valence-electron chi connectivity index (χ2n) is 7.38. The van der Waals surface area contributed by atoms with Gasteiger partial charge in [0.1, 0.15) is 0 Å². The van der Waals surface area contributed by atoms with E-state index >= 15 is 0 Å². The summed E-state index contributed by atoms with van der Waals surface area (Å²) in [7, 11) is 0. The summed E-state index contributed by atoms with van der Waals surface area (Å²) in [6.45, 7) is 14.8. The normalized spacial score (nSPS) is 21.1. The van der Waals surface area contributed by atoms with Crippen LogP contribution in [-0.2, 0) is 9.47 Å². The van der Waals surface area contributed by atoms with E-state index in [9.17, 15) is 5.11 Å². The van der Waals surface area contributed by atoms with E-state index in [0.29, 0.717) is 13.2 Å². The van der Waals surface area contributed by atoms with Crippen molar-refractivity contribution in [2.24, 2.45) is 0 Å². The molecule has 1 saturated heterocycles.